The minimum absolute atomic E-state index is 0.366. The fourth-order valence-corrected chi connectivity index (χ4v) is 3.08. The van der Waals surface area contributed by atoms with Crippen molar-refractivity contribution in [3.8, 4) is 11.8 Å². The highest BCUT2D eigenvalue weighted by molar-refractivity contribution is 7.20. The van der Waals surface area contributed by atoms with Gasteiger partial charge in [-0.15, -0.1) is 11.3 Å². The standard InChI is InChI=1S/C19H16N4O2S/c1-12(19-21-16-5-3-4-6-17(16)26-19)22-23-18(24)13(2)25-15-9-7-14(11-20)8-10-15/h3-10,13H,1-2H3,(H,23,24)/b22-12-/t13-/m0/s1. The zero-order valence-electron chi connectivity index (χ0n) is 14.3. The molecule has 0 aliphatic carbocycles. The second-order valence-corrected chi connectivity index (χ2v) is 6.59. The van der Waals surface area contributed by atoms with E-state index in [1.54, 1.807) is 38.1 Å². The number of nitriles is 1. The number of rotatable bonds is 5. The van der Waals surface area contributed by atoms with E-state index in [0.29, 0.717) is 17.0 Å². The Bertz CT molecular complexity index is 969. The number of benzene rings is 2. The summed E-state index contributed by atoms with van der Waals surface area (Å²) in [6, 6.07) is 16.4. The van der Waals surface area contributed by atoms with Crippen LogP contribution in [0.5, 0.6) is 5.75 Å². The van der Waals surface area contributed by atoms with E-state index in [0.717, 1.165) is 15.2 Å². The molecule has 1 aromatic heterocycles. The van der Waals surface area contributed by atoms with E-state index in [4.69, 9.17) is 10.00 Å². The van der Waals surface area contributed by atoms with Gasteiger partial charge in [-0.2, -0.15) is 10.4 Å². The van der Waals surface area contributed by atoms with Crippen molar-refractivity contribution in [2.75, 3.05) is 0 Å². The average molecular weight is 364 g/mol. The fraction of sp³-hybridized carbons (Fsp3) is 0.158. The van der Waals surface area contributed by atoms with E-state index in [-0.39, 0.29) is 5.91 Å². The van der Waals surface area contributed by atoms with Gasteiger partial charge in [-0.05, 0) is 50.2 Å². The molecule has 3 rings (SSSR count). The van der Waals surface area contributed by atoms with E-state index in [2.05, 4.69) is 15.5 Å². The molecule has 0 saturated heterocycles. The van der Waals surface area contributed by atoms with E-state index >= 15 is 0 Å². The summed E-state index contributed by atoms with van der Waals surface area (Å²) in [5, 5.41) is 13.7. The second-order valence-electron chi connectivity index (χ2n) is 5.56. The number of carbonyl (C=O) groups excluding carboxylic acids is 1. The summed E-state index contributed by atoms with van der Waals surface area (Å²) in [6.45, 7) is 3.43. The molecular formula is C19H16N4O2S. The number of nitrogens with one attached hydrogen (secondary N) is 1. The minimum atomic E-state index is -0.727. The number of hydrogen-bond donors (Lipinski definition) is 1. The summed E-state index contributed by atoms with van der Waals surface area (Å²) in [6.07, 6.45) is -0.727. The molecule has 2 aromatic carbocycles. The van der Waals surface area contributed by atoms with Crippen LogP contribution < -0.4 is 10.2 Å². The largest absolute Gasteiger partial charge is 0.481 e. The lowest BCUT2D eigenvalue weighted by atomic mass is 10.2. The van der Waals surface area contributed by atoms with Crippen molar-refractivity contribution in [1.29, 1.82) is 5.26 Å². The van der Waals surface area contributed by atoms with Crippen LogP contribution >= 0.6 is 11.3 Å². The molecule has 0 radical (unpaired) electrons. The molecule has 130 valence electrons. The van der Waals surface area contributed by atoms with E-state index in [1.807, 2.05) is 30.3 Å². The quantitative estimate of drug-likeness (QED) is 0.555. The van der Waals surface area contributed by atoms with Crippen LogP contribution in [0.2, 0.25) is 0 Å². The predicted molar refractivity (Wildman–Crippen MR) is 101 cm³/mol. The number of fused-ring (bicyclic) bond motifs is 1. The van der Waals surface area contributed by atoms with Gasteiger partial charge >= 0.3 is 0 Å². The van der Waals surface area contributed by atoms with Crippen molar-refractivity contribution in [2.24, 2.45) is 5.10 Å². The highest BCUT2D eigenvalue weighted by Gasteiger charge is 2.15. The van der Waals surface area contributed by atoms with Gasteiger partial charge in [0.25, 0.3) is 5.91 Å². The van der Waals surface area contributed by atoms with Crippen LogP contribution in [0.3, 0.4) is 0 Å². The molecule has 0 unspecified atom stereocenters. The Balaban J connectivity index is 1.62. The second kappa shape index (κ2) is 7.76. The first-order valence-corrected chi connectivity index (χ1v) is 8.75. The molecule has 0 bridgehead atoms. The van der Waals surface area contributed by atoms with Crippen molar-refractivity contribution in [2.45, 2.75) is 20.0 Å². The molecule has 1 atom stereocenters. The third-order valence-corrected chi connectivity index (χ3v) is 4.75. The first-order chi connectivity index (χ1) is 12.6. The summed E-state index contributed by atoms with van der Waals surface area (Å²) in [7, 11) is 0. The maximum atomic E-state index is 12.2. The van der Waals surface area contributed by atoms with Gasteiger partial charge in [0.15, 0.2) is 6.10 Å². The van der Waals surface area contributed by atoms with Gasteiger partial charge in [0.2, 0.25) is 0 Å². The SMILES string of the molecule is C/C(=N/NC(=O)[C@H](C)Oc1ccc(C#N)cc1)c1nc2ccccc2s1. The van der Waals surface area contributed by atoms with Crippen LogP contribution in [-0.2, 0) is 4.79 Å². The van der Waals surface area contributed by atoms with Crippen molar-refractivity contribution >= 4 is 33.2 Å². The molecule has 26 heavy (non-hydrogen) atoms. The van der Waals surface area contributed by atoms with Gasteiger partial charge in [0, 0.05) is 0 Å². The number of aromatic nitrogens is 1. The number of thiazole rings is 1. The Morgan fingerprint density at radius 2 is 2.00 bits per heavy atom. The van der Waals surface area contributed by atoms with Gasteiger partial charge < -0.3 is 4.74 Å². The molecule has 1 amide bonds. The van der Waals surface area contributed by atoms with Crippen LogP contribution in [0.15, 0.2) is 53.6 Å². The highest BCUT2D eigenvalue weighted by Crippen LogP contribution is 2.21. The number of hydrogen-bond acceptors (Lipinski definition) is 6. The Hall–Kier alpha value is -3.24. The maximum Gasteiger partial charge on any atom is 0.280 e. The summed E-state index contributed by atoms with van der Waals surface area (Å²) >= 11 is 1.52. The zero-order valence-corrected chi connectivity index (χ0v) is 15.1. The summed E-state index contributed by atoms with van der Waals surface area (Å²) in [5.41, 5.74) is 4.58. The summed E-state index contributed by atoms with van der Waals surface area (Å²) in [5.74, 6) is 0.147. The van der Waals surface area contributed by atoms with Crippen molar-refractivity contribution in [1.82, 2.24) is 10.4 Å². The lowest BCUT2D eigenvalue weighted by molar-refractivity contribution is -0.127. The van der Waals surface area contributed by atoms with E-state index in [9.17, 15) is 4.79 Å². The minimum Gasteiger partial charge on any atom is -0.481 e. The lowest BCUT2D eigenvalue weighted by Crippen LogP contribution is -2.33. The first kappa shape index (κ1) is 17.6. The maximum absolute atomic E-state index is 12.2. The molecule has 1 N–H and O–H groups in total. The molecule has 0 aliphatic rings. The molecule has 0 saturated carbocycles. The van der Waals surface area contributed by atoms with Crippen LogP contribution in [0.25, 0.3) is 10.2 Å². The van der Waals surface area contributed by atoms with Crippen molar-refractivity contribution in [3.05, 3.63) is 59.1 Å². The fourth-order valence-electron chi connectivity index (χ4n) is 2.17. The van der Waals surface area contributed by atoms with Crippen LogP contribution in [0.1, 0.15) is 24.4 Å². The van der Waals surface area contributed by atoms with Gasteiger partial charge in [-0.25, -0.2) is 10.4 Å². The molecule has 3 aromatic rings. The average Bonchev–Trinajstić information content (AvgIpc) is 3.10. The molecule has 7 heteroatoms. The Morgan fingerprint density at radius 1 is 1.27 bits per heavy atom. The first-order valence-electron chi connectivity index (χ1n) is 7.93. The predicted octanol–water partition coefficient (Wildman–Crippen LogP) is 3.48. The smallest absolute Gasteiger partial charge is 0.280 e. The van der Waals surface area contributed by atoms with Crippen LogP contribution in [-0.4, -0.2) is 22.7 Å². The summed E-state index contributed by atoms with van der Waals surface area (Å²) in [4.78, 5) is 16.7. The van der Waals surface area contributed by atoms with Crippen LogP contribution in [0, 0.1) is 11.3 Å². The number of para-hydroxylation sites is 1. The van der Waals surface area contributed by atoms with Gasteiger partial charge in [0.1, 0.15) is 10.8 Å². The van der Waals surface area contributed by atoms with Crippen LogP contribution in [0.4, 0.5) is 0 Å². The van der Waals surface area contributed by atoms with Gasteiger partial charge in [0.05, 0.1) is 27.6 Å². The summed E-state index contributed by atoms with van der Waals surface area (Å²) < 4.78 is 6.63. The molecule has 1 heterocycles. The van der Waals surface area contributed by atoms with Crippen molar-refractivity contribution < 1.29 is 9.53 Å². The highest BCUT2D eigenvalue weighted by atomic mass is 32.1. The monoisotopic (exact) mass is 364 g/mol. The third-order valence-electron chi connectivity index (χ3n) is 3.60. The van der Waals surface area contributed by atoms with Gasteiger partial charge in [-0.1, -0.05) is 12.1 Å². The molecular weight excluding hydrogens is 348 g/mol. The Morgan fingerprint density at radius 3 is 2.69 bits per heavy atom. The van der Waals surface area contributed by atoms with E-state index in [1.165, 1.54) is 11.3 Å². The molecule has 0 spiro atoms. The number of hydrazone groups is 1. The Labute approximate surface area is 154 Å². The van der Waals surface area contributed by atoms with Crippen molar-refractivity contribution in [3.63, 3.8) is 0 Å². The lowest BCUT2D eigenvalue weighted by Gasteiger charge is -2.13. The number of nitrogens with zero attached hydrogens (tertiary/aromatic N) is 3. The number of ether oxygens (including phenoxy) is 1. The Kier molecular flexibility index (Phi) is 5.25. The normalized spacial score (nSPS) is 12.4. The van der Waals surface area contributed by atoms with E-state index < -0.39 is 6.10 Å². The zero-order chi connectivity index (χ0) is 18.5. The van der Waals surface area contributed by atoms with Gasteiger partial charge in [-0.3, -0.25) is 4.79 Å². The number of carbonyl (C=O) groups is 1. The molecule has 6 nitrogen and oxygen atoms in total. The molecule has 0 fully saturated rings. The third kappa shape index (κ3) is 4.05. The molecule has 0 aliphatic heterocycles. The number of amides is 1. The topological polar surface area (TPSA) is 87.4 Å².